The Morgan fingerprint density at radius 2 is 1.89 bits per heavy atom. The second kappa shape index (κ2) is 12.8. The van der Waals surface area contributed by atoms with Gasteiger partial charge in [-0.3, -0.25) is 14.5 Å². The predicted molar refractivity (Wildman–Crippen MR) is 168 cm³/mol. The number of aliphatic hydroxyl groups is 1. The highest BCUT2D eigenvalue weighted by atomic mass is 32.2. The van der Waals surface area contributed by atoms with Crippen LogP contribution in [0.15, 0.2) is 76.6 Å². The summed E-state index contributed by atoms with van der Waals surface area (Å²) in [7, 11) is 0. The Labute approximate surface area is 262 Å². The quantitative estimate of drug-likeness (QED) is 0.0494. The molecule has 11 heteroatoms. The molecule has 1 fully saturated rings. The summed E-state index contributed by atoms with van der Waals surface area (Å²) in [5.74, 6) is -0.253. The van der Waals surface area contributed by atoms with Gasteiger partial charge in [-0.15, -0.1) is 10.2 Å². The molecule has 1 aromatic heterocycles. The summed E-state index contributed by atoms with van der Waals surface area (Å²) in [6.07, 6.45) is 2.62. The van der Waals surface area contributed by atoms with Crippen LogP contribution in [0, 0.1) is 5.82 Å². The van der Waals surface area contributed by atoms with Gasteiger partial charge in [-0.2, -0.15) is 0 Å². The van der Waals surface area contributed by atoms with Crippen LogP contribution in [0.25, 0.3) is 5.76 Å². The van der Waals surface area contributed by atoms with E-state index in [2.05, 4.69) is 17.1 Å². The van der Waals surface area contributed by atoms with Crippen molar-refractivity contribution in [3.63, 3.8) is 0 Å². The molecular weight excluding hydrogens is 602 g/mol. The van der Waals surface area contributed by atoms with Crippen molar-refractivity contribution >= 4 is 45.7 Å². The Balaban J connectivity index is 1.36. The van der Waals surface area contributed by atoms with Gasteiger partial charge >= 0.3 is 5.91 Å². The largest absolute Gasteiger partial charge is 0.507 e. The number of nitrogens with zero attached hydrogens (tertiary/aromatic N) is 3. The first kappa shape index (κ1) is 29.8. The molecule has 2 aliphatic heterocycles. The minimum absolute atomic E-state index is 0.0126. The van der Waals surface area contributed by atoms with Crippen LogP contribution in [-0.2, 0) is 21.8 Å². The SMILES string of the molecule is CCCCOc1ccc(C2/C(=C(\O)c3ccc4c(c3)CC(C)O4)C(=O)C(=O)N2c2nnc(SCc3ccc(F)cc3)s2)cc1. The number of halogens is 1. The van der Waals surface area contributed by atoms with Crippen LogP contribution >= 0.6 is 23.1 Å². The molecule has 4 aromatic rings. The van der Waals surface area contributed by atoms with Crippen LogP contribution in [0.2, 0.25) is 0 Å². The summed E-state index contributed by atoms with van der Waals surface area (Å²) in [6, 6.07) is 17.7. The first-order valence-corrected chi connectivity index (χ1v) is 16.2. The summed E-state index contributed by atoms with van der Waals surface area (Å²) in [4.78, 5) is 28.5. The molecule has 8 nitrogen and oxygen atoms in total. The third-order valence-corrected chi connectivity index (χ3v) is 9.58. The Bertz CT molecular complexity index is 1720. The number of ether oxygens (including phenoxy) is 2. The summed E-state index contributed by atoms with van der Waals surface area (Å²) >= 11 is 2.57. The Kier molecular flexibility index (Phi) is 8.67. The molecule has 1 saturated heterocycles. The molecule has 1 amide bonds. The van der Waals surface area contributed by atoms with E-state index in [4.69, 9.17) is 9.47 Å². The van der Waals surface area contributed by atoms with Crippen molar-refractivity contribution in [1.82, 2.24) is 10.2 Å². The Hall–Kier alpha value is -4.22. The summed E-state index contributed by atoms with van der Waals surface area (Å²) in [5.41, 5.74) is 2.84. The van der Waals surface area contributed by atoms with E-state index in [-0.39, 0.29) is 28.4 Å². The van der Waals surface area contributed by atoms with Crippen LogP contribution in [0.3, 0.4) is 0 Å². The highest BCUT2D eigenvalue weighted by Crippen LogP contribution is 2.45. The van der Waals surface area contributed by atoms with E-state index >= 15 is 0 Å². The molecule has 0 saturated carbocycles. The first-order valence-electron chi connectivity index (χ1n) is 14.4. The number of benzene rings is 3. The van der Waals surface area contributed by atoms with E-state index in [9.17, 15) is 19.1 Å². The van der Waals surface area contributed by atoms with Crippen LogP contribution in [0.5, 0.6) is 11.5 Å². The highest BCUT2D eigenvalue weighted by molar-refractivity contribution is 8.00. The van der Waals surface area contributed by atoms with Gasteiger partial charge in [0.2, 0.25) is 5.13 Å². The van der Waals surface area contributed by atoms with Crippen molar-refractivity contribution in [2.24, 2.45) is 0 Å². The Morgan fingerprint density at radius 1 is 1.11 bits per heavy atom. The molecule has 3 heterocycles. The zero-order chi connectivity index (χ0) is 30.8. The van der Waals surface area contributed by atoms with Crippen LogP contribution in [0.1, 0.15) is 55.0 Å². The smallest absolute Gasteiger partial charge is 0.301 e. The van der Waals surface area contributed by atoms with E-state index < -0.39 is 17.7 Å². The average Bonchev–Trinajstić information content (AvgIpc) is 3.72. The van der Waals surface area contributed by atoms with Gasteiger partial charge in [0.15, 0.2) is 4.34 Å². The zero-order valence-electron chi connectivity index (χ0n) is 24.2. The third kappa shape index (κ3) is 6.07. The molecule has 0 spiro atoms. The number of anilines is 1. The van der Waals surface area contributed by atoms with Gasteiger partial charge < -0.3 is 14.6 Å². The molecule has 44 heavy (non-hydrogen) atoms. The molecule has 226 valence electrons. The van der Waals surface area contributed by atoms with Crippen molar-refractivity contribution < 1.29 is 28.6 Å². The van der Waals surface area contributed by atoms with Gasteiger partial charge in [-0.1, -0.05) is 60.7 Å². The second-order valence-electron chi connectivity index (χ2n) is 10.7. The van der Waals surface area contributed by atoms with E-state index in [1.54, 1.807) is 54.6 Å². The zero-order valence-corrected chi connectivity index (χ0v) is 25.8. The normalized spacial score (nSPS) is 18.8. The average molecular weight is 632 g/mol. The number of carbonyl (C=O) groups excluding carboxylic acids is 2. The van der Waals surface area contributed by atoms with Gasteiger partial charge in [-0.25, -0.2) is 4.39 Å². The number of aromatic nitrogens is 2. The number of fused-ring (bicyclic) bond motifs is 1. The number of amides is 1. The number of thioether (sulfide) groups is 1. The van der Waals surface area contributed by atoms with Crippen molar-refractivity contribution in [1.29, 1.82) is 0 Å². The summed E-state index contributed by atoms with van der Waals surface area (Å²) in [5, 5.41) is 20.3. The molecule has 2 unspecified atom stereocenters. The minimum Gasteiger partial charge on any atom is -0.507 e. The Morgan fingerprint density at radius 3 is 2.64 bits per heavy atom. The van der Waals surface area contributed by atoms with Crippen LogP contribution in [0.4, 0.5) is 9.52 Å². The van der Waals surface area contributed by atoms with Gasteiger partial charge in [0.25, 0.3) is 5.78 Å². The molecule has 6 rings (SSSR count). The maximum absolute atomic E-state index is 13.6. The van der Waals surface area contributed by atoms with E-state index in [0.29, 0.717) is 40.0 Å². The lowest BCUT2D eigenvalue weighted by Crippen LogP contribution is -2.29. The van der Waals surface area contributed by atoms with Crippen molar-refractivity contribution in [2.75, 3.05) is 11.5 Å². The maximum Gasteiger partial charge on any atom is 0.301 e. The highest BCUT2D eigenvalue weighted by Gasteiger charge is 2.48. The standard InChI is InChI=1S/C33H30FN3O5S2/c1-3-4-15-41-25-12-7-21(8-13-25)28-27(29(38)22-9-14-26-23(17-22)16-19(2)42-26)30(39)31(40)37(28)32-35-36-33(44-32)43-18-20-5-10-24(34)11-6-20/h5-14,17,19,28,38H,3-4,15-16,18H2,1-2H3/b29-27+. The topological polar surface area (TPSA) is 102 Å². The number of ketones is 1. The number of aliphatic hydroxyl groups excluding tert-OH is 1. The van der Waals surface area contributed by atoms with Crippen LogP contribution < -0.4 is 14.4 Å². The number of unbranched alkanes of at least 4 members (excludes halogenated alkanes) is 1. The third-order valence-electron chi connectivity index (χ3n) is 7.45. The number of hydrogen-bond donors (Lipinski definition) is 1. The molecule has 1 N–H and O–H groups in total. The number of carbonyl (C=O) groups is 2. The predicted octanol–water partition coefficient (Wildman–Crippen LogP) is 7.10. The lowest BCUT2D eigenvalue weighted by molar-refractivity contribution is -0.132. The lowest BCUT2D eigenvalue weighted by atomic mass is 9.94. The van der Waals surface area contributed by atoms with Gasteiger partial charge in [0.05, 0.1) is 18.2 Å². The maximum atomic E-state index is 13.6. The molecule has 0 radical (unpaired) electrons. The number of rotatable bonds is 10. The fourth-order valence-corrected chi connectivity index (χ4v) is 7.06. The molecule has 2 atom stereocenters. The van der Waals surface area contributed by atoms with E-state index in [1.165, 1.54) is 40.1 Å². The van der Waals surface area contributed by atoms with E-state index in [0.717, 1.165) is 29.7 Å². The van der Waals surface area contributed by atoms with Gasteiger partial charge in [0, 0.05) is 17.7 Å². The fraction of sp³-hybridized carbons (Fsp3) is 0.273. The second-order valence-corrected chi connectivity index (χ2v) is 12.8. The summed E-state index contributed by atoms with van der Waals surface area (Å²) < 4.78 is 25.5. The summed E-state index contributed by atoms with van der Waals surface area (Å²) in [6.45, 7) is 4.64. The fourth-order valence-electron chi connectivity index (χ4n) is 5.23. The number of hydrogen-bond acceptors (Lipinski definition) is 9. The molecule has 0 aliphatic carbocycles. The molecule has 2 aliphatic rings. The van der Waals surface area contributed by atoms with E-state index in [1.807, 2.05) is 6.92 Å². The van der Waals surface area contributed by atoms with Gasteiger partial charge in [-0.05, 0) is 72.5 Å². The lowest BCUT2D eigenvalue weighted by Gasteiger charge is -2.22. The van der Waals surface area contributed by atoms with Crippen molar-refractivity contribution in [3.8, 4) is 11.5 Å². The monoisotopic (exact) mass is 631 g/mol. The minimum atomic E-state index is -0.939. The van der Waals surface area contributed by atoms with Gasteiger partial charge in [0.1, 0.15) is 29.2 Å². The van der Waals surface area contributed by atoms with Crippen molar-refractivity contribution in [3.05, 3.63) is 100 Å². The molecule has 0 bridgehead atoms. The molecular formula is C33H30FN3O5S2. The first-order chi connectivity index (χ1) is 21.3. The molecule has 3 aromatic carbocycles. The van der Waals surface area contributed by atoms with Crippen molar-refractivity contribution in [2.45, 2.75) is 55.3 Å². The van der Waals surface area contributed by atoms with Crippen LogP contribution in [-0.4, -0.2) is 39.7 Å². The number of Topliss-reactive ketones (excluding diaryl/α,β-unsaturated/α-hetero) is 1.